The first kappa shape index (κ1) is 19.5. The second kappa shape index (κ2) is 7.88. The van der Waals surface area contributed by atoms with Gasteiger partial charge in [0.15, 0.2) is 5.58 Å². The summed E-state index contributed by atoms with van der Waals surface area (Å²) in [5.74, 6) is -0.346. The number of fused-ring (bicyclic) bond motifs is 2. The molecule has 1 unspecified atom stereocenters. The predicted molar refractivity (Wildman–Crippen MR) is 112 cm³/mol. The van der Waals surface area contributed by atoms with Crippen LogP contribution in [0.2, 0.25) is 0 Å². The Kier molecular flexibility index (Phi) is 5.68. The molecule has 0 fully saturated rings. The molecule has 9 heteroatoms. The third-order valence-electron chi connectivity index (χ3n) is 4.16. The monoisotopic (exact) mass is 781 g/mol. The van der Waals surface area contributed by atoms with Crippen LogP contribution in [0.15, 0.2) is 44.5 Å². The van der Waals surface area contributed by atoms with Crippen LogP contribution in [0, 0.1) is 11.3 Å². The van der Waals surface area contributed by atoms with Crippen molar-refractivity contribution >= 4 is 95.5 Å². The van der Waals surface area contributed by atoms with E-state index in [2.05, 4.69) is 23.2 Å². The average molecular weight is 780 g/mol. The molecule has 5 nitrogen and oxygen atoms in total. The average Bonchev–Trinajstić information content (AvgIpc) is 3.26. The van der Waals surface area contributed by atoms with Gasteiger partial charge in [0, 0.05) is 7.05 Å². The number of hydrogen-bond donors (Lipinski definition) is 0. The Morgan fingerprint density at radius 2 is 2.07 bits per heavy atom. The van der Waals surface area contributed by atoms with Crippen molar-refractivity contribution in [3.8, 4) is 16.5 Å². The Hall–Kier alpha value is -0.846. The first-order valence-corrected chi connectivity index (χ1v) is 13.5. The number of aryl methyl sites for hydroxylation is 1. The third kappa shape index (κ3) is 3.99. The van der Waals surface area contributed by atoms with Gasteiger partial charge in [0.2, 0.25) is 0 Å². The summed E-state index contributed by atoms with van der Waals surface area (Å²) in [5, 5.41) is 9.31. The summed E-state index contributed by atoms with van der Waals surface area (Å²) in [5.41, 5.74) is 2.48. The number of aromatic nitrogens is 1. The van der Waals surface area contributed by atoms with Gasteiger partial charge < -0.3 is 4.42 Å². The van der Waals surface area contributed by atoms with Crippen molar-refractivity contribution in [3.63, 3.8) is 0 Å². The Morgan fingerprint density at radius 3 is 2.78 bits per heavy atom. The topological polar surface area (TPSA) is 71.3 Å². The predicted octanol–water partition coefficient (Wildman–Crippen LogP) is 3.20. The van der Waals surface area contributed by atoms with E-state index in [0.29, 0.717) is 12.0 Å². The van der Waals surface area contributed by atoms with Gasteiger partial charge in [-0.15, -0.1) is 0 Å². The number of nitrogens with zero attached hydrogens (tertiary/aromatic N) is 3. The van der Waals surface area contributed by atoms with Crippen LogP contribution in [0.3, 0.4) is 0 Å². The Morgan fingerprint density at radius 1 is 1.30 bits per heavy atom. The fourth-order valence-electron chi connectivity index (χ4n) is 2.88. The molecule has 0 aliphatic carbocycles. The number of nitriles is 1. The van der Waals surface area contributed by atoms with Crippen molar-refractivity contribution in [2.45, 2.75) is 12.5 Å². The molecule has 4 aromatic rings. The minimum absolute atomic E-state index is 0.257. The second-order valence-electron chi connectivity index (χ2n) is 5.99. The van der Waals surface area contributed by atoms with Gasteiger partial charge in [-0.3, -0.25) is 4.57 Å². The fraction of sp³-hybridized carbons (Fsp3) is 0.167. The molecular weight excluding hydrogens is 769 g/mol. The molecule has 3 aromatic heterocycles. The van der Waals surface area contributed by atoms with Crippen molar-refractivity contribution in [1.82, 2.24) is 4.57 Å². The Balaban J connectivity index is 1.66. The molecule has 0 saturated heterocycles. The fourth-order valence-corrected chi connectivity index (χ4v) is 6.54. The van der Waals surface area contributed by atoms with Crippen molar-refractivity contribution < 1.29 is 4.42 Å². The van der Waals surface area contributed by atoms with Crippen molar-refractivity contribution in [2.24, 2.45) is 12.0 Å². The molecule has 6 radical (unpaired) electrons. The van der Waals surface area contributed by atoms with Crippen LogP contribution in [0.5, 0.6) is 0 Å². The summed E-state index contributed by atoms with van der Waals surface area (Å²) in [6.45, 7) is 0. The van der Waals surface area contributed by atoms with E-state index in [1.165, 1.54) is 19.7 Å². The van der Waals surface area contributed by atoms with Crippen LogP contribution in [0.1, 0.15) is 4.88 Å². The summed E-state index contributed by atoms with van der Waals surface area (Å²) in [6, 6.07) is 12.2. The molecular formula is C18H11N3O2Pb2S2. The maximum absolute atomic E-state index is 11.7. The van der Waals surface area contributed by atoms with Crippen molar-refractivity contribution in [3.05, 3.63) is 45.8 Å². The van der Waals surface area contributed by atoms with Gasteiger partial charge in [-0.2, -0.15) is 0 Å². The molecule has 3 heterocycles. The molecule has 27 heavy (non-hydrogen) atoms. The van der Waals surface area contributed by atoms with Gasteiger partial charge in [0.1, 0.15) is 0 Å². The van der Waals surface area contributed by atoms with E-state index in [1.807, 2.05) is 18.2 Å². The number of oxazole rings is 1. The first-order chi connectivity index (χ1) is 12.9. The van der Waals surface area contributed by atoms with Gasteiger partial charge in [-0.05, 0) is 0 Å². The van der Waals surface area contributed by atoms with Crippen LogP contribution in [-0.2, 0) is 13.5 Å². The van der Waals surface area contributed by atoms with E-state index < -0.39 is 0 Å². The number of aliphatic imine (C=N–C) groups is 1. The third-order valence-corrected chi connectivity index (χ3v) is 7.53. The van der Waals surface area contributed by atoms with Gasteiger partial charge in [-0.25, -0.2) is 4.79 Å². The second-order valence-corrected chi connectivity index (χ2v) is 19.5. The van der Waals surface area contributed by atoms with E-state index in [9.17, 15) is 10.1 Å². The number of thiophene rings is 2. The molecule has 0 amide bonds. The summed E-state index contributed by atoms with van der Waals surface area (Å²) >= 11 is 5.37. The van der Waals surface area contributed by atoms with E-state index in [-0.39, 0.29) is 11.8 Å². The zero-order valence-corrected chi connectivity index (χ0v) is 23.6. The molecule has 0 saturated carbocycles. The van der Waals surface area contributed by atoms with E-state index in [0.717, 1.165) is 67.5 Å². The summed E-state index contributed by atoms with van der Waals surface area (Å²) in [7, 11) is 1.72. The molecule has 0 aliphatic heterocycles. The molecule has 4 rings (SSSR count). The van der Waals surface area contributed by atoms with Crippen molar-refractivity contribution in [2.75, 3.05) is 0 Å². The van der Waals surface area contributed by atoms with E-state index >= 15 is 0 Å². The zero-order valence-electron chi connectivity index (χ0n) is 14.1. The molecule has 1 atom stereocenters. The van der Waals surface area contributed by atoms with Gasteiger partial charge >= 0.3 is 170 Å². The quantitative estimate of drug-likeness (QED) is 0.236. The summed E-state index contributed by atoms with van der Waals surface area (Å²) in [4.78, 5) is 18.5. The summed E-state index contributed by atoms with van der Waals surface area (Å²) in [6.07, 6.45) is 0.689. The van der Waals surface area contributed by atoms with Crippen LogP contribution in [0.25, 0.3) is 30.9 Å². The molecule has 0 spiro atoms. The van der Waals surface area contributed by atoms with Gasteiger partial charge in [-0.1, -0.05) is 0 Å². The van der Waals surface area contributed by atoms with Crippen LogP contribution in [-0.4, -0.2) is 63.0 Å². The maximum atomic E-state index is 11.7. The van der Waals surface area contributed by atoms with Crippen LogP contribution < -0.4 is 5.76 Å². The van der Waals surface area contributed by atoms with Crippen LogP contribution in [0.4, 0.5) is 0 Å². The molecule has 0 N–H and O–H groups in total. The SMILES string of the molecule is Cn1c(=O)oc2ccc(-c3cc4sc(CC(C#N)N=[C]([Pb])[Pb])cc4s3)cc21. The number of hydrogen-bond acceptors (Lipinski definition) is 6. The number of benzene rings is 1. The summed E-state index contributed by atoms with van der Waals surface area (Å²) < 4.78 is 10.4. The van der Waals surface area contributed by atoms with E-state index in [4.69, 9.17) is 4.42 Å². The molecule has 0 bridgehead atoms. The zero-order chi connectivity index (χ0) is 19.1. The van der Waals surface area contributed by atoms with Crippen LogP contribution >= 0.6 is 22.7 Å². The minimum atomic E-state index is -0.346. The molecule has 130 valence electrons. The van der Waals surface area contributed by atoms with E-state index in [1.54, 1.807) is 29.7 Å². The molecule has 0 aliphatic rings. The Bertz CT molecular complexity index is 1250. The normalized spacial score (nSPS) is 12.4. The van der Waals surface area contributed by atoms with Gasteiger partial charge in [0.05, 0.1) is 0 Å². The Labute approximate surface area is 194 Å². The first-order valence-electron chi connectivity index (χ1n) is 7.97. The number of rotatable bonds is 4. The van der Waals surface area contributed by atoms with Crippen molar-refractivity contribution in [1.29, 1.82) is 5.26 Å². The van der Waals surface area contributed by atoms with Gasteiger partial charge in [0.25, 0.3) is 0 Å². The standard InChI is InChI=1S/C18H11N3O2S2.2Pb/c1-20-11(9-19)6-12-7-16-17(24-12)8-15(25-16)10-3-4-14-13(5-10)21(2)18(22)23-14;;/h3-5,7-8,11H,6H2,2H3;;. The molecule has 1 aromatic carbocycles.